The topological polar surface area (TPSA) is 51.2 Å². The van der Waals surface area contributed by atoms with Crippen molar-refractivity contribution in [2.45, 2.75) is 120 Å². The first kappa shape index (κ1) is 29.3. The second-order valence-electron chi connectivity index (χ2n) is 10.5. The fourth-order valence-electron chi connectivity index (χ4n) is 5.48. The molecule has 2 rings (SSSR count). The molecule has 0 spiro atoms. The minimum atomic E-state index is -0.0744. The Hall–Kier alpha value is -1.77. The second-order valence-corrected chi connectivity index (χ2v) is 10.5. The summed E-state index contributed by atoms with van der Waals surface area (Å²) in [6.07, 6.45) is 6.45. The SMILES string of the molecule is CCC.CCCC(CC1CC(=O)c2c(C)c(C)cc(C(C)C)c2C1)C(CC)C(=O)CC(C)=O. The van der Waals surface area contributed by atoms with Crippen molar-refractivity contribution in [1.29, 1.82) is 0 Å². The fraction of sp³-hybridized carbons (Fsp3) is 0.700. The molecule has 3 unspecified atom stereocenters. The number of rotatable bonds is 10. The lowest BCUT2D eigenvalue weighted by atomic mass is 9.70. The molecular weight excluding hydrogens is 408 g/mol. The van der Waals surface area contributed by atoms with E-state index in [9.17, 15) is 14.4 Å². The molecule has 3 atom stereocenters. The molecule has 3 nitrogen and oxygen atoms in total. The molecule has 0 N–H and O–H groups in total. The third kappa shape index (κ3) is 7.90. The molecule has 186 valence electrons. The third-order valence-electron chi connectivity index (χ3n) is 7.00. The van der Waals surface area contributed by atoms with Gasteiger partial charge in [0.2, 0.25) is 0 Å². The van der Waals surface area contributed by atoms with E-state index in [-0.39, 0.29) is 41.5 Å². The van der Waals surface area contributed by atoms with E-state index >= 15 is 0 Å². The molecular formula is C30H48O3. The zero-order valence-corrected chi connectivity index (χ0v) is 22.8. The van der Waals surface area contributed by atoms with E-state index in [0.717, 1.165) is 43.2 Å². The van der Waals surface area contributed by atoms with Gasteiger partial charge < -0.3 is 0 Å². The van der Waals surface area contributed by atoms with Gasteiger partial charge >= 0.3 is 0 Å². The molecule has 1 aromatic carbocycles. The number of aryl methyl sites for hydroxylation is 1. The molecule has 0 aliphatic heterocycles. The second kappa shape index (κ2) is 13.8. The van der Waals surface area contributed by atoms with Crippen molar-refractivity contribution in [1.82, 2.24) is 0 Å². The van der Waals surface area contributed by atoms with Gasteiger partial charge in [0, 0.05) is 17.9 Å². The minimum absolute atomic E-state index is 0.0428. The van der Waals surface area contributed by atoms with E-state index in [0.29, 0.717) is 12.3 Å². The van der Waals surface area contributed by atoms with Gasteiger partial charge in [0.25, 0.3) is 0 Å². The van der Waals surface area contributed by atoms with Crippen LogP contribution >= 0.6 is 0 Å². The summed E-state index contributed by atoms with van der Waals surface area (Å²) < 4.78 is 0. The molecule has 1 aliphatic carbocycles. The summed E-state index contributed by atoms with van der Waals surface area (Å²) in [5.74, 6) is 1.14. The van der Waals surface area contributed by atoms with Crippen LogP contribution in [0.4, 0.5) is 0 Å². The Labute approximate surface area is 203 Å². The number of hydrogen-bond acceptors (Lipinski definition) is 3. The summed E-state index contributed by atoms with van der Waals surface area (Å²) in [6.45, 7) is 18.5. The van der Waals surface area contributed by atoms with Crippen molar-refractivity contribution in [3.8, 4) is 0 Å². The first-order valence-electron chi connectivity index (χ1n) is 13.2. The van der Waals surface area contributed by atoms with E-state index in [1.165, 1.54) is 30.0 Å². The van der Waals surface area contributed by atoms with E-state index in [2.05, 4.69) is 61.5 Å². The molecule has 3 heteroatoms. The summed E-state index contributed by atoms with van der Waals surface area (Å²) in [4.78, 5) is 37.5. The number of Topliss-reactive ketones (excluding diaryl/α,β-unsaturated/α-hetero) is 3. The molecule has 1 aromatic rings. The highest BCUT2D eigenvalue weighted by molar-refractivity contribution is 6.01. The highest BCUT2D eigenvalue weighted by Gasteiger charge is 2.34. The molecule has 0 radical (unpaired) electrons. The van der Waals surface area contributed by atoms with Crippen LogP contribution in [0.25, 0.3) is 0 Å². The van der Waals surface area contributed by atoms with Gasteiger partial charge in [-0.2, -0.15) is 0 Å². The quantitative estimate of drug-likeness (QED) is 0.335. The van der Waals surface area contributed by atoms with Crippen molar-refractivity contribution < 1.29 is 14.4 Å². The number of ketones is 3. The molecule has 0 saturated heterocycles. The van der Waals surface area contributed by atoms with Gasteiger partial charge in [-0.05, 0) is 80.0 Å². The summed E-state index contributed by atoms with van der Waals surface area (Å²) in [5.41, 5.74) is 5.84. The van der Waals surface area contributed by atoms with Crippen LogP contribution in [0.3, 0.4) is 0 Å². The monoisotopic (exact) mass is 456 g/mol. The number of fused-ring (bicyclic) bond motifs is 1. The molecule has 33 heavy (non-hydrogen) atoms. The summed E-state index contributed by atoms with van der Waals surface area (Å²) in [6, 6.07) is 2.27. The van der Waals surface area contributed by atoms with Crippen LogP contribution in [0.5, 0.6) is 0 Å². The Morgan fingerprint density at radius 1 is 1.06 bits per heavy atom. The standard InChI is InChI=1S/C27H40O3.C3H8/c1-8-10-21(22(9-2)25(29)12-18(6)28)13-20-14-24-23(16(3)4)11-17(5)19(7)27(24)26(30)15-20;1-3-2/h11,16,20-22H,8-10,12-15H2,1-7H3;3H2,1-2H3. The maximum absolute atomic E-state index is 13.2. The lowest BCUT2D eigenvalue weighted by molar-refractivity contribution is -0.129. The van der Waals surface area contributed by atoms with Gasteiger partial charge in [0.1, 0.15) is 11.6 Å². The Bertz CT molecular complexity index is 818. The summed E-state index contributed by atoms with van der Waals surface area (Å²) in [7, 11) is 0. The number of benzene rings is 1. The van der Waals surface area contributed by atoms with Crippen molar-refractivity contribution in [3.63, 3.8) is 0 Å². The average molecular weight is 457 g/mol. The van der Waals surface area contributed by atoms with Gasteiger partial charge in [-0.15, -0.1) is 0 Å². The number of carbonyl (C=O) groups is 3. The zero-order chi connectivity index (χ0) is 25.3. The zero-order valence-electron chi connectivity index (χ0n) is 22.8. The first-order valence-corrected chi connectivity index (χ1v) is 13.2. The Balaban J connectivity index is 0.00000172. The van der Waals surface area contributed by atoms with Crippen LogP contribution in [0.2, 0.25) is 0 Å². The number of hydrogen-bond donors (Lipinski definition) is 0. The molecule has 0 heterocycles. The van der Waals surface area contributed by atoms with Gasteiger partial charge in [-0.3, -0.25) is 14.4 Å². The largest absolute Gasteiger partial charge is 0.300 e. The molecule has 1 aliphatic rings. The third-order valence-corrected chi connectivity index (χ3v) is 7.00. The van der Waals surface area contributed by atoms with Crippen LogP contribution in [0, 0.1) is 31.6 Å². The highest BCUT2D eigenvalue weighted by Crippen LogP contribution is 2.39. The van der Waals surface area contributed by atoms with Crippen LogP contribution in [0.15, 0.2) is 6.07 Å². The normalized spacial score (nSPS) is 17.2. The lowest BCUT2D eigenvalue weighted by Crippen LogP contribution is -2.30. The van der Waals surface area contributed by atoms with Crippen molar-refractivity contribution in [3.05, 3.63) is 33.9 Å². The van der Waals surface area contributed by atoms with Gasteiger partial charge in [0.15, 0.2) is 5.78 Å². The molecule has 0 fully saturated rings. The minimum Gasteiger partial charge on any atom is -0.300 e. The fourth-order valence-corrected chi connectivity index (χ4v) is 5.48. The van der Waals surface area contributed by atoms with E-state index < -0.39 is 0 Å². The van der Waals surface area contributed by atoms with E-state index in [4.69, 9.17) is 0 Å². The predicted molar refractivity (Wildman–Crippen MR) is 139 cm³/mol. The molecule has 0 bridgehead atoms. The number of carbonyl (C=O) groups excluding carboxylic acids is 3. The van der Waals surface area contributed by atoms with Crippen LogP contribution < -0.4 is 0 Å². The first-order chi connectivity index (χ1) is 15.5. The smallest absolute Gasteiger partial charge is 0.163 e. The van der Waals surface area contributed by atoms with Crippen LogP contribution in [-0.2, 0) is 16.0 Å². The Kier molecular flexibility index (Phi) is 12.3. The van der Waals surface area contributed by atoms with Gasteiger partial charge in [0.05, 0.1) is 6.42 Å². The van der Waals surface area contributed by atoms with Crippen molar-refractivity contribution in [2.75, 3.05) is 0 Å². The highest BCUT2D eigenvalue weighted by atomic mass is 16.1. The Morgan fingerprint density at radius 2 is 1.67 bits per heavy atom. The van der Waals surface area contributed by atoms with Crippen LogP contribution in [0.1, 0.15) is 132 Å². The molecule has 0 amide bonds. The van der Waals surface area contributed by atoms with Crippen molar-refractivity contribution in [2.24, 2.45) is 17.8 Å². The lowest BCUT2D eigenvalue weighted by Gasteiger charge is -2.33. The summed E-state index contributed by atoms with van der Waals surface area (Å²) >= 11 is 0. The van der Waals surface area contributed by atoms with E-state index in [1.807, 2.05) is 0 Å². The Morgan fingerprint density at radius 3 is 2.15 bits per heavy atom. The average Bonchev–Trinajstić information content (AvgIpc) is 2.70. The van der Waals surface area contributed by atoms with Crippen LogP contribution in [-0.4, -0.2) is 17.3 Å². The molecule has 0 saturated carbocycles. The summed E-state index contributed by atoms with van der Waals surface area (Å²) in [5, 5.41) is 0. The molecule has 0 aromatic heterocycles. The maximum Gasteiger partial charge on any atom is 0.163 e. The van der Waals surface area contributed by atoms with Gasteiger partial charge in [-0.25, -0.2) is 0 Å². The predicted octanol–water partition coefficient (Wildman–Crippen LogP) is 7.97. The van der Waals surface area contributed by atoms with E-state index in [1.54, 1.807) is 0 Å². The maximum atomic E-state index is 13.2. The van der Waals surface area contributed by atoms with Gasteiger partial charge in [-0.1, -0.05) is 66.9 Å². The van der Waals surface area contributed by atoms with Crippen molar-refractivity contribution >= 4 is 17.3 Å².